The van der Waals surface area contributed by atoms with E-state index in [9.17, 15) is 19.7 Å². The van der Waals surface area contributed by atoms with Gasteiger partial charge >= 0.3 is 5.69 Å². The molecule has 0 aromatic heterocycles. The molecule has 2 aromatic rings. The summed E-state index contributed by atoms with van der Waals surface area (Å²) in [6.45, 7) is 0.240. The Morgan fingerprint density at radius 2 is 2.04 bits per heavy atom. The number of methoxy groups -OCH3 is 1. The Labute approximate surface area is 161 Å². The van der Waals surface area contributed by atoms with Crippen molar-refractivity contribution >= 4 is 28.9 Å². The maximum Gasteiger partial charge on any atom is 0.310 e. The zero-order valence-corrected chi connectivity index (χ0v) is 15.2. The lowest BCUT2D eigenvalue weighted by atomic mass is 10.2. The second kappa shape index (κ2) is 8.38. The van der Waals surface area contributed by atoms with Crippen molar-refractivity contribution in [1.29, 1.82) is 0 Å². The van der Waals surface area contributed by atoms with Gasteiger partial charge in [-0.1, -0.05) is 12.1 Å². The molecule has 1 aliphatic rings. The predicted octanol–water partition coefficient (Wildman–Crippen LogP) is 2.75. The molecule has 0 spiro atoms. The van der Waals surface area contributed by atoms with E-state index in [1.165, 1.54) is 25.3 Å². The number of hydrogen-bond acceptors (Lipinski definition) is 6. The highest BCUT2D eigenvalue weighted by atomic mass is 16.6. The van der Waals surface area contributed by atoms with Gasteiger partial charge in [0.05, 0.1) is 17.7 Å². The number of amides is 2. The first kappa shape index (κ1) is 19.2. The van der Waals surface area contributed by atoms with E-state index in [4.69, 9.17) is 9.47 Å². The standard InChI is InChI=1S/C19H19N3O6/c1-27-17-11-13(8-9-14(17)21-10-4-7-19(21)24)20-18(23)12-28-16-6-3-2-5-15(16)22(25)26/h2-3,5-6,8-9,11H,4,7,10,12H2,1H3,(H,20,23). The van der Waals surface area contributed by atoms with Crippen LogP contribution in [0.1, 0.15) is 12.8 Å². The van der Waals surface area contributed by atoms with E-state index in [0.717, 1.165) is 6.42 Å². The Bertz CT molecular complexity index is 914. The van der Waals surface area contributed by atoms with Crippen LogP contribution in [0.3, 0.4) is 0 Å². The van der Waals surface area contributed by atoms with Crippen LogP contribution in [0.4, 0.5) is 17.1 Å². The Morgan fingerprint density at radius 3 is 2.71 bits per heavy atom. The van der Waals surface area contributed by atoms with Crippen molar-refractivity contribution in [3.05, 3.63) is 52.6 Å². The molecule has 28 heavy (non-hydrogen) atoms. The summed E-state index contributed by atoms with van der Waals surface area (Å²) in [6.07, 6.45) is 1.30. The Kier molecular flexibility index (Phi) is 5.73. The highest BCUT2D eigenvalue weighted by Gasteiger charge is 2.24. The fraction of sp³-hybridized carbons (Fsp3) is 0.263. The quantitative estimate of drug-likeness (QED) is 0.579. The molecule has 2 aromatic carbocycles. The summed E-state index contributed by atoms with van der Waals surface area (Å²) < 4.78 is 10.6. The van der Waals surface area contributed by atoms with Crippen molar-refractivity contribution in [1.82, 2.24) is 0 Å². The maximum absolute atomic E-state index is 12.1. The summed E-state index contributed by atoms with van der Waals surface area (Å²) in [4.78, 5) is 36.1. The third-order valence-electron chi connectivity index (χ3n) is 4.25. The number of carbonyl (C=O) groups excluding carboxylic acids is 2. The average Bonchev–Trinajstić information content (AvgIpc) is 3.12. The second-order valence-electron chi connectivity index (χ2n) is 6.10. The van der Waals surface area contributed by atoms with Crippen LogP contribution in [0.25, 0.3) is 0 Å². The minimum Gasteiger partial charge on any atom is -0.494 e. The van der Waals surface area contributed by atoms with Gasteiger partial charge in [0.1, 0.15) is 5.75 Å². The molecule has 0 saturated carbocycles. The van der Waals surface area contributed by atoms with E-state index >= 15 is 0 Å². The zero-order valence-electron chi connectivity index (χ0n) is 15.2. The number of benzene rings is 2. The molecule has 1 saturated heterocycles. The van der Waals surface area contributed by atoms with Crippen LogP contribution in [-0.2, 0) is 9.59 Å². The maximum atomic E-state index is 12.1. The number of rotatable bonds is 7. The third kappa shape index (κ3) is 4.20. The van der Waals surface area contributed by atoms with Gasteiger partial charge < -0.3 is 19.7 Å². The lowest BCUT2D eigenvalue weighted by Gasteiger charge is -2.19. The number of nitrogens with one attached hydrogen (secondary N) is 1. The van der Waals surface area contributed by atoms with E-state index in [-0.39, 0.29) is 24.0 Å². The van der Waals surface area contributed by atoms with Crippen molar-refractivity contribution in [2.45, 2.75) is 12.8 Å². The number of para-hydroxylation sites is 2. The SMILES string of the molecule is COc1cc(NC(=O)COc2ccccc2[N+](=O)[O-])ccc1N1CCCC1=O. The lowest BCUT2D eigenvalue weighted by molar-refractivity contribution is -0.385. The van der Waals surface area contributed by atoms with Crippen LogP contribution >= 0.6 is 0 Å². The number of hydrogen-bond donors (Lipinski definition) is 1. The first-order valence-electron chi connectivity index (χ1n) is 8.64. The van der Waals surface area contributed by atoms with E-state index in [0.29, 0.717) is 30.1 Å². The van der Waals surface area contributed by atoms with Gasteiger partial charge in [0.2, 0.25) is 5.91 Å². The molecular formula is C19H19N3O6. The number of carbonyl (C=O) groups is 2. The summed E-state index contributed by atoms with van der Waals surface area (Å²) >= 11 is 0. The predicted molar refractivity (Wildman–Crippen MR) is 102 cm³/mol. The first-order chi connectivity index (χ1) is 13.5. The van der Waals surface area contributed by atoms with E-state index in [1.54, 1.807) is 29.2 Å². The molecule has 9 heteroatoms. The van der Waals surface area contributed by atoms with Gasteiger partial charge in [-0.3, -0.25) is 19.7 Å². The van der Waals surface area contributed by atoms with Gasteiger partial charge in [0.25, 0.3) is 5.91 Å². The number of nitro groups is 1. The highest BCUT2D eigenvalue weighted by Crippen LogP contribution is 2.34. The van der Waals surface area contributed by atoms with Crippen LogP contribution in [-0.4, -0.2) is 37.0 Å². The topological polar surface area (TPSA) is 111 Å². The van der Waals surface area contributed by atoms with Crippen molar-refractivity contribution in [2.24, 2.45) is 0 Å². The molecule has 0 aliphatic carbocycles. The van der Waals surface area contributed by atoms with Crippen molar-refractivity contribution in [3.63, 3.8) is 0 Å². The normalized spacial score (nSPS) is 13.3. The number of nitro benzene ring substituents is 1. The van der Waals surface area contributed by atoms with Gasteiger partial charge in [-0.25, -0.2) is 0 Å². The zero-order chi connectivity index (χ0) is 20.1. The molecule has 1 fully saturated rings. The molecule has 0 atom stereocenters. The van der Waals surface area contributed by atoms with E-state index in [1.807, 2.05) is 0 Å². The molecule has 0 unspecified atom stereocenters. The molecule has 3 rings (SSSR count). The monoisotopic (exact) mass is 385 g/mol. The van der Waals surface area contributed by atoms with Crippen molar-refractivity contribution in [3.8, 4) is 11.5 Å². The van der Waals surface area contributed by atoms with Gasteiger partial charge in [0, 0.05) is 30.8 Å². The van der Waals surface area contributed by atoms with Crippen LogP contribution in [0.15, 0.2) is 42.5 Å². The van der Waals surface area contributed by atoms with Crippen molar-refractivity contribution < 1.29 is 24.0 Å². The minimum atomic E-state index is -0.573. The average molecular weight is 385 g/mol. The summed E-state index contributed by atoms with van der Waals surface area (Å²) in [5.41, 5.74) is 0.902. The largest absolute Gasteiger partial charge is 0.494 e. The Hall–Kier alpha value is -3.62. The van der Waals surface area contributed by atoms with Crippen LogP contribution in [0, 0.1) is 10.1 Å². The summed E-state index contributed by atoms with van der Waals surface area (Å²) in [6, 6.07) is 10.8. The third-order valence-corrected chi connectivity index (χ3v) is 4.25. The van der Waals surface area contributed by atoms with E-state index < -0.39 is 10.8 Å². The van der Waals surface area contributed by atoms with Crippen LogP contribution < -0.4 is 19.7 Å². The Morgan fingerprint density at radius 1 is 1.25 bits per heavy atom. The summed E-state index contributed by atoms with van der Waals surface area (Å²) in [5, 5.41) is 13.6. The fourth-order valence-corrected chi connectivity index (χ4v) is 2.95. The molecule has 0 radical (unpaired) electrons. The Balaban J connectivity index is 1.66. The number of anilines is 2. The van der Waals surface area contributed by atoms with Crippen molar-refractivity contribution in [2.75, 3.05) is 30.5 Å². The molecular weight excluding hydrogens is 366 g/mol. The van der Waals surface area contributed by atoms with Gasteiger partial charge in [-0.2, -0.15) is 0 Å². The molecule has 1 N–H and O–H groups in total. The highest BCUT2D eigenvalue weighted by molar-refractivity contribution is 5.98. The second-order valence-corrected chi connectivity index (χ2v) is 6.10. The summed E-state index contributed by atoms with van der Waals surface area (Å²) in [5.74, 6) is 0.0360. The molecule has 0 bridgehead atoms. The van der Waals surface area contributed by atoms with Crippen LogP contribution in [0.5, 0.6) is 11.5 Å². The summed E-state index contributed by atoms with van der Waals surface area (Å²) in [7, 11) is 1.49. The molecule has 9 nitrogen and oxygen atoms in total. The minimum absolute atomic E-state index is 0.0168. The van der Waals surface area contributed by atoms with Crippen LogP contribution in [0.2, 0.25) is 0 Å². The van der Waals surface area contributed by atoms with E-state index in [2.05, 4.69) is 5.32 Å². The number of nitrogens with zero attached hydrogens (tertiary/aromatic N) is 2. The van der Waals surface area contributed by atoms with Gasteiger partial charge in [-0.05, 0) is 24.6 Å². The molecule has 1 aliphatic heterocycles. The van der Waals surface area contributed by atoms with Gasteiger partial charge in [0.15, 0.2) is 12.4 Å². The fourth-order valence-electron chi connectivity index (χ4n) is 2.95. The molecule has 1 heterocycles. The molecule has 146 valence electrons. The lowest BCUT2D eigenvalue weighted by Crippen LogP contribution is -2.24. The smallest absolute Gasteiger partial charge is 0.310 e. The molecule has 2 amide bonds. The number of ether oxygens (including phenoxy) is 2. The first-order valence-corrected chi connectivity index (χ1v) is 8.64. The van der Waals surface area contributed by atoms with Gasteiger partial charge in [-0.15, -0.1) is 0 Å².